The van der Waals surface area contributed by atoms with Crippen LogP contribution in [0.4, 0.5) is 0 Å². The molecule has 3 aromatic rings. The molecule has 2 aromatic heterocycles. The van der Waals surface area contributed by atoms with E-state index in [2.05, 4.69) is 15.2 Å². The Balaban J connectivity index is 1.56. The van der Waals surface area contributed by atoms with E-state index in [1.165, 1.54) is 19.3 Å². The molecule has 1 aliphatic heterocycles. The van der Waals surface area contributed by atoms with Crippen LogP contribution in [0.15, 0.2) is 59.1 Å². The number of nitrogens with zero attached hydrogens (tertiary/aromatic N) is 2. The van der Waals surface area contributed by atoms with Crippen molar-refractivity contribution in [2.24, 2.45) is 0 Å². The van der Waals surface area contributed by atoms with Crippen LogP contribution in [0.5, 0.6) is 0 Å². The Morgan fingerprint density at radius 1 is 1.00 bits per heavy atom. The van der Waals surface area contributed by atoms with Gasteiger partial charge < -0.3 is 14.6 Å². The second-order valence-corrected chi connectivity index (χ2v) is 9.30. The smallest absolute Gasteiger partial charge is 0.170 e. The summed E-state index contributed by atoms with van der Waals surface area (Å²) in [5.41, 5.74) is 1.74. The molecule has 0 spiro atoms. The van der Waals surface area contributed by atoms with Crippen molar-refractivity contribution >= 4 is 40.5 Å². The molecule has 2 fully saturated rings. The third-order valence-electron chi connectivity index (χ3n) is 6.24. The predicted octanol–water partition coefficient (Wildman–Crippen LogP) is 6.95. The van der Waals surface area contributed by atoms with Gasteiger partial charge in [-0.2, -0.15) is 0 Å². The maximum Gasteiger partial charge on any atom is 0.170 e. The topological polar surface area (TPSA) is 41.3 Å². The number of rotatable bonds is 4. The summed E-state index contributed by atoms with van der Waals surface area (Å²) < 4.78 is 6.40. The van der Waals surface area contributed by atoms with Gasteiger partial charge in [-0.1, -0.05) is 54.6 Å². The van der Waals surface area contributed by atoms with Gasteiger partial charge in [-0.05, 0) is 61.5 Å². The number of nitrogens with one attached hydrogen (secondary N) is 1. The first kappa shape index (κ1) is 20.8. The quantitative estimate of drug-likeness (QED) is 0.416. The zero-order valence-corrected chi connectivity index (χ0v) is 19.3. The van der Waals surface area contributed by atoms with Gasteiger partial charge in [-0.25, -0.2) is 0 Å². The van der Waals surface area contributed by atoms with Crippen molar-refractivity contribution in [2.75, 3.05) is 0 Å². The van der Waals surface area contributed by atoms with Gasteiger partial charge in [-0.15, -0.1) is 0 Å². The van der Waals surface area contributed by atoms with E-state index in [0.29, 0.717) is 21.8 Å². The van der Waals surface area contributed by atoms with Gasteiger partial charge in [0.05, 0.1) is 21.8 Å². The summed E-state index contributed by atoms with van der Waals surface area (Å²) in [6.07, 6.45) is 7.84. The maximum atomic E-state index is 6.45. The molecular weight excluding hydrogens is 449 g/mol. The number of hydrogen-bond donors (Lipinski definition) is 1. The number of furan rings is 1. The molecule has 0 amide bonds. The fourth-order valence-corrected chi connectivity index (χ4v) is 5.56. The highest BCUT2D eigenvalue weighted by Gasteiger charge is 2.44. The van der Waals surface area contributed by atoms with Crippen LogP contribution >= 0.6 is 35.4 Å². The second-order valence-electron chi connectivity index (χ2n) is 8.13. The molecule has 1 aromatic carbocycles. The third kappa shape index (κ3) is 3.95. The van der Waals surface area contributed by atoms with Gasteiger partial charge in [-0.3, -0.25) is 4.98 Å². The SMILES string of the molecule is S=C1NC(c2ccccn2)C(c2ccc(-c3cccc(Cl)c3Cl)o2)N1C1CCCCC1. The molecule has 1 saturated heterocycles. The Hall–Kier alpha value is -2.08. The average Bonchev–Trinajstić information content (AvgIpc) is 3.41. The van der Waals surface area contributed by atoms with Gasteiger partial charge in [0.1, 0.15) is 17.6 Å². The molecule has 2 unspecified atom stereocenters. The highest BCUT2D eigenvalue weighted by Crippen LogP contribution is 2.44. The highest BCUT2D eigenvalue weighted by molar-refractivity contribution is 7.80. The third-order valence-corrected chi connectivity index (χ3v) is 7.39. The van der Waals surface area contributed by atoms with E-state index in [9.17, 15) is 0 Å². The molecule has 0 radical (unpaired) electrons. The van der Waals surface area contributed by atoms with Crippen LogP contribution in [0.1, 0.15) is 55.6 Å². The van der Waals surface area contributed by atoms with Gasteiger partial charge in [0, 0.05) is 17.8 Å². The first-order valence-electron chi connectivity index (χ1n) is 10.7. The van der Waals surface area contributed by atoms with E-state index in [1.54, 1.807) is 6.07 Å². The number of pyridine rings is 1. The molecule has 7 heteroatoms. The number of halogens is 2. The highest BCUT2D eigenvalue weighted by atomic mass is 35.5. The van der Waals surface area contributed by atoms with Gasteiger partial charge in [0.25, 0.3) is 0 Å². The van der Waals surface area contributed by atoms with Gasteiger partial charge >= 0.3 is 0 Å². The zero-order chi connectivity index (χ0) is 21.4. The van der Waals surface area contributed by atoms with Crippen LogP contribution in [0.25, 0.3) is 11.3 Å². The largest absolute Gasteiger partial charge is 0.459 e. The van der Waals surface area contributed by atoms with Crippen molar-refractivity contribution < 1.29 is 4.42 Å². The number of aromatic nitrogens is 1. The second kappa shape index (κ2) is 8.81. The molecule has 3 heterocycles. The molecule has 1 aliphatic carbocycles. The summed E-state index contributed by atoms with van der Waals surface area (Å²) in [4.78, 5) is 6.96. The molecule has 160 valence electrons. The van der Waals surface area contributed by atoms with E-state index in [1.807, 2.05) is 48.7 Å². The van der Waals surface area contributed by atoms with E-state index in [4.69, 9.17) is 39.8 Å². The molecule has 1 N–H and O–H groups in total. The summed E-state index contributed by atoms with van der Waals surface area (Å²) in [5, 5.41) is 5.30. The standard InChI is InChI=1S/C24H23Cl2N3OS/c25-17-10-6-9-16(21(17)26)19-12-13-20(30-19)23-22(18-11-4-5-14-27-18)28-24(31)29(23)15-7-2-1-3-8-15/h4-6,9-15,22-23H,1-3,7-8H2,(H,28,31). The Labute approximate surface area is 197 Å². The van der Waals surface area contributed by atoms with Crippen molar-refractivity contribution in [3.05, 3.63) is 76.2 Å². The number of hydrogen-bond acceptors (Lipinski definition) is 3. The van der Waals surface area contributed by atoms with Crippen molar-refractivity contribution in [3.63, 3.8) is 0 Å². The normalized spacial score (nSPS) is 22.0. The Morgan fingerprint density at radius 2 is 1.84 bits per heavy atom. The minimum absolute atomic E-state index is 0.0720. The Kier molecular flexibility index (Phi) is 5.91. The zero-order valence-electron chi connectivity index (χ0n) is 16.9. The predicted molar refractivity (Wildman–Crippen MR) is 128 cm³/mol. The first-order valence-corrected chi connectivity index (χ1v) is 11.8. The van der Waals surface area contributed by atoms with Crippen molar-refractivity contribution in [1.29, 1.82) is 0 Å². The van der Waals surface area contributed by atoms with E-state index >= 15 is 0 Å². The Bertz CT molecular complexity index is 1080. The molecular formula is C24H23Cl2N3OS. The lowest BCUT2D eigenvalue weighted by Gasteiger charge is -2.36. The molecule has 0 bridgehead atoms. The summed E-state index contributed by atoms with van der Waals surface area (Å²) in [6.45, 7) is 0. The lowest BCUT2D eigenvalue weighted by atomic mass is 9.92. The summed E-state index contributed by atoms with van der Waals surface area (Å²) in [6, 6.07) is 15.8. The van der Waals surface area contributed by atoms with Crippen LogP contribution < -0.4 is 5.32 Å². The summed E-state index contributed by atoms with van der Waals surface area (Å²) in [5.74, 6) is 1.54. The van der Waals surface area contributed by atoms with Crippen LogP contribution in [-0.4, -0.2) is 21.0 Å². The maximum absolute atomic E-state index is 6.45. The minimum Gasteiger partial charge on any atom is -0.459 e. The van der Waals surface area contributed by atoms with Crippen LogP contribution in [-0.2, 0) is 0 Å². The average molecular weight is 472 g/mol. The van der Waals surface area contributed by atoms with Crippen LogP contribution in [0, 0.1) is 0 Å². The van der Waals surface area contributed by atoms with Crippen LogP contribution in [0.2, 0.25) is 10.0 Å². The molecule has 4 nitrogen and oxygen atoms in total. The Morgan fingerprint density at radius 3 is 2.61 bits per heavy atom. The number of thiocarbonyl (C=S) groups is 1. The first-order chi connectivity index (χ1) is 15.1. The molecule has 2 atom stereocenters. The van der Waals surface area contributed by atoms with E-state index in [-0.39, 0.29) is 12.1 Å². The molecule has 2 aliphatic rings. The van der Waals surface area contributed by atoms with Crippen molar-refractivity contribution in [2.45, 2.75) is 50.2 Å². The van der Waals surface area contributed by atoms with Gasteiger partial charge in [0.2, 0.25) is 0 Å². The lowest BCUT2D eigenvalue weighted by Crippen LogP contribution is -2.40. The molecule has 5 rings (SSSR count). The van der Waals surface area contributed by atoms with E-state index < -0.39 is 0 Å². The van der Waals surface area contributed by atoms with Gasteiger partial charge in [0.15, 0.2) is 5.11 Å². The van der Waals surface area contributed by atoms with E-state index in [0.717, 1.165) is 35.0 Å². The van der Waals surface area contributed by atoms with Crippen molar-refractivity contribution in [3.8, 4) is 11.3 Å². The molecule has 1 saturated carbocycles. The fraction of sp³-hybridized carbons (Fsp3) is 0.333. The fourth-order valence-electron chi connectivity index (χ4n) is 4.77. The molecule has 31 heavy (non-hydrogen) atoms. The van der Waals surface area contributed by atoms with Crippen LogP contribution in [0.3, 0.4) is 0 Å². The summed E-state index contributed by atoms with van der Waals surface area (Å²) >= 11 is 18.5. The van der Waals surface area contributed by atoms with Crippen molar-refractivity contribution in [1.82, 2.24) is 15.2 Å². The summed E-state index contributed by atoms with van der Waals surface area (Å²) in [7, 11) is 0. The number of benzene rings is 1. The lowest BCUT2D eigenvalue weighted by molar-refractivity contribution is 0.179. The minimum atomic E-state index is -0.0792. The monoisotopic (exact) mass is 471 g/mol.